The van der Waals surface area contributed by atoms with E-state index in [1.165, 1.54) is 57.9 Å². The monoisotopic (exact) mass is 237 g/mol. The van der Waals surface area contributed by atoms with Crippen LogP contribution in [0.15, 0.2) is 0 Å². The van der Waals surface area contributed by atoms with Crippen molar-refractivity contribution in [3.63, 3.8) is 0 Å². The first kappa shape index (κ1) is 13.4. The van der Waals surface area contributed by atoms with Gasteiger partial charge in [-0.1, -0.05) is 39.5 Å². The number of nitrogens with one attached hydrogen (secondary N) is 1. The largest absolute Gasteiger partial charge is 0.314 e. The quantitative estimate of drug-likeness (QED) is 0.661. The lowest BCUT2D eigenvalue weighted by atomic mass is 9.88. The Kier molecular flexibility index (Phi) is 5.34. The molecule has 0 aromatic rings. The van der Waals surface area contributed by atoms with Crippen molar-refractivity contribution in [2.75, 3.05) is 6.54 Å². The van der Waals surface area contributed by atoms with Gasteiger partial charge in [0.2, 0.25) is 0 Å². The molecule has 2 aliphatic carbocycles. The third kappa shape index (κ3) is 3.71. The smallest absolute Gasteiger partial charge is 0.00670 e. The minimum absolute atomic E-state index is 0.805. The van der Waals surface area contributed by atoms with Crippen molar-refractivity contribution in [3.05, 3.63) is 0 Å². The second-order valence-electron chi connectivity index (χ2n) is 6.47. The highest BCUT2D eigenvalue weighted by molar-refractivity contribution is 4.91. The summed E-state index contributed by atoms with van der Waals surface area (Å²) in [4.78, 5) is 0. The molecule has 0 saturated heterocycles. The molecule has 0 aromatic heterocycles. The van der Waals surface area contributed by atoms with Gasteiger partial charge in [0.25, 0.3) is 0 Å². The van der Waals surface area contributed by atoms with Gasteiger partial charge in [-0.2, -0.15) is 0 Å². The van der Waals surface area contributed by atoms with Crippen molar-refractivity contribution in [2.45, 2.75) is 77.7 Å². The van der Waals surface area contributed by atoms with Crippen LogP contribution < -0.4 is 5.32 Å². The predicted molar refractivity (Wildman–Crippen MR) is 75.2 cm³/mol. The fraction of sp³-hybridized carbons (Fsp3) is 1.00. The Morgan fingerprint density at radius 3 is 2.53 bits per heavy atom. The van der Waals surface area contributed by atoms with Crippen LogP contribution in [0.1, 0.15) is 71.6 Å². The van der Waals surface area contributed by atoms with Crippen molar-refractivity contribution < 1.29 is 0 Å². The van der Waals surface area contributed by atoms with Crippen molar-refractivity contribution in [1.82, 2.24) is 5.32 Å². The normalized spacial score (nSPS) is 33.2. The maximum atomic E-state index is 3.88. The zero-order valence-corrected chi connectivity index (χ0v) is 11.9. The summed E-state index contributed by atoms with van der Waals surface area (Å²) >= 11 is 0. The van der Waals surface area contributed by atoms with E-state index in [0.29, 0.717) is 0 Å². The second kappa shape index (κ2) is 6.78. The molecule has 1 nitrogen and oxygen atoms in total. The average molecular weight is 237 g/mol. The van der Waals surface area contributed by atoms with Gasteiger partial charge in [-0.25, -0.2) is 0 Å². The van der Waals surface area contributed by atoms with Crippen LogP contribution in [0.5, 0.6) is 0 Å². The molecule has 17 heavy (non-hydrogen) atoms. The van der Waals surface area contributed by atoms with Gasteiger partial charge in [0.1, 0.15) is 0 Å². The standard InChI is InChI=1S/C16H31N/c1-3-5-7-16(6-4-2)17-12-15-11-13-8-9-14(15)10-13/h13-17H,3-12H2,1-2H3. The first-order valence-corrected chi connectivity index (χ1v) is 8.06. The molecule has 0 heterocycles. The zero-order chi connectivity index (χ0) is 12.1. The van der Waals surface area contributed by atoms with Crippen molar-refractivity contribution in [1.29, 1.82) is 0 Å². The molecule has 2 aliphatic rings. The first-order chi connectivity index (χ1) is 8.33. The van der Waals surface area contributed by atoms with E-state index in [0.717, 1.165) is 23.8 Å². The molecule has 2 fully saturated rings. The number of rotatable bonds is 8. The summed E-state index contributed by atoms with van der Waals surface area (Å²) in [5.74, 6) is 3.21. The Balaban J connectivity index is 1.67. The van der Waals surface area contributed by atoms with E-state index in [4.69, 9.17) is 0 Å². The summed E-state index contributed by atoms with van der Waals surface area (Å²) in [7, 11) is 0. The van der Waals surface area contributed by atoms with Gasteiger partial charge in [0.15, 0.2) is 0 Å². The van der Waals surface area contributed by atoms with Gasteiger partial charge in [0.05, 0.1) is 0 Å². The molecular formula is C16H31N. The van der Waals surface area contributed by atoms with Gasteiger partial charge in [-0.05, 0) is 56.4 Å². The number of hydrogen-bond donors (Lipinski definition) is 1. The predicted octanol–water partition coefficient (Wildman–Crippen LogP) is 4.37. The van der Waals surface area contributed by atoms with Crippen molar-refractivity contribution in [2.24, 2.45) is 17.8 Å². The Morgan fingerprint density at radius 2 is 1.94 bits per heavy atom. The van der Waals surface area contributed by atoms with Gasteiger partial charge in [-0.3, -0.25) is 0 Å². The van der Waals surface area contributed by atoms with E-state index < -0.39 is 0 Å². The summed E-state index contributed by atoms with van der Waals surface area (Å²) in [5, 5.41) is 3.88. The minimum atomic E-state index is 0.805. The highest BCUT2D eigenvalue weighted by Crippen LogP contribution is 2.47. The number of hydrogen-bond acceptors (Lipinski definition) is 1. The van der Waals surface area contributed by atoms with Crippen molar-refractivity contribution >= 4 is 0 Å². The van der Waals surface area contributed by atoms with Crippen LogP contribution in [-0.2, 0) is 0 Å². The molecule has 0 spiro atoms. The Morgan fingerprint density at radius 1 is 1.06 bits per heavy atom. The summed E-state index contributed by atoms with van der Waals surface area (Å²) < 4.78 is 0. The zero-order valence-electron chi connectivity index (χ0n) is 11.9. The third-order valence-corrected chi connectivity index (χ3v) is 5.10. The molecule has 0 amide bonds. The first-order valence-electron chi connectivity index (χ1n) is 8.06. The molecule has 0 aromatic carbocycles. The van der Waals surface area contributed by atoms with Crippen LogP contribution in [0.2, 0.25) is 0 Å². The topological polar surface area (TPSA) is 12.0 Å². The molecule has 100 valence electrons. The molecule has 4 unspecified atom stereocenters. The molecule has 1 N–H and O–H groups in total. The molecule has 2 saturated carbocycles. The van der Waals surface area contributed by atoms with E-state index in [9.17, 15) is 0 Å². The van der Waals surface area contributed by atoms with Gasteiger partial charge in [0, 0.05) is 6.04 Å². The lowest BCUT2D eigenvalue weighted by molar-refractivity contribution is 0.296. The second-order valence-corrected chi connectivity index (χ2v) is 6.47. The number of fused-ring (bicyclic) bond motifs is 2. The van der Waals surface area contributed by atoms with Gasteiger partial charge < -0.3 is 5.32 Å². The molecule has 0 radical (unpaired) electrons. The minimum Gasteiger partial charge on any atom is -0.314 e. The molecule has 2 rings (SSSR count). The van der Waals surface area contributed by atoms with Gasteiger partial charge >= 0.3 is 0 Å². The summed E-state index contributed by atoms with van der Waals surface area (Å²) in [6.07, 6.45) is 13.0. The van der Waals surface area contributed by atoms with Crippen LogP contribution >= 0.6 is 0 Å². The van der Waals surface area contributed by atoms with Crippen molar-refractivity contribution in [3.8, 4) is 0 Å². The Hall–Kier alpha value is -0.0400. The van der Waals surface area contributed by atoms with E-state index >= 15 is 0 Å². The van der Waals surface area contributed by atoms with Crippen LogP contribution in [0.3, 0.4) is 0 Å². The van der Waals surface area contributed by atoms with E-state index in [1.54, 1.807) is 6.42 Å². The highest BCUT2D eigenvalue weighted by Gasteiger charge is 2.39. The SMILES string of the molecule is CCCCC(CCC)NCC1CC2CCC1C2. The maximum absolute atomic E-state index is 3.88. The fourth-order valence-corrected chi connectivity index (χ4v) is 4.09. The summed E-state index contributed by atoms with van der Waals surface area (Å²) in [5.41, 5.74) is 0. The fourth-order valence-electron chi connectivity index (χ4n) is 4.09. The molecular weight excluding hydrogens is 206 g/mol. The lowest BCUT2D eigenvalue weighted by Crippen LogP contribution is -2.35. The maximum Gasteiger partial charge on any atom is 0.00670 e. The molecule has 2 bridgehead atoms. The van der Waals surface area contributed by atoms with Crippen LogP contribution in [0, 0.1) is 17.8 Å². The van der Waals surface area contributed by atoms with E-state index in [1.807, 2.05) is 0 Å². The highest BCUT2D eigenvalue weighted by atomic mass is 14.9. The van der Waals surface area contributed by atoms with Gasteiger partial charge in [-0.15, -0.1) is 0 Å². The molecule has 0 aliphatic heterocycles. The number of unbranched alkanes of at least 4 members (excludes halogenated alkanes) is 1. The Bertz CT molecular complexity index is 214. The average Bonchev–Trinajstić information content (AvgIpc) is 2.94. The third-order valence-electron chi connectivity index (χ3n) is 5.10. The summed E-state index contributed by atoms with van der Waals surface area (Å²) in [6.45, 7) is 5.94. The van der Waals surface area contributed by atoms with E-state index in [-0.39, 0.29) is 0 Å². The van der Waals surface area contributed by atoms with Crippen LogP contribution in [0.25, 0.3) is 0 Å². The molecule has 4 atom stereocenters. The van der Waals surface area contributed by atoms with Crippen LogP contribution in [0.4, 0.5) is 0 Å². The lowest BCUT2D eigenvalue weighted by Gasteiger charge is -2.25. The van der Waals surface area contributed by atoms with E-state index in [2.05, 4.69) is 19.2 Å². The summed E-state index contributed by atoms with van der Waals surface area (Å²) in [6, 6.07) is 0.805. The molecule has 1 heteroatoms. The Labute approximate surface area is 108 Å². The van der Waals surface area contributed by atoms with Crippen LogP contribution in [-0.4, -0.2) is 12.6 Å².